The Kier molecular flexibility index (Phi) is 2.26. The van der Waals surface area contributed by atoms with Gasteiger partial charge >= 0.3 is 0 Å². The van der Waals surface area contributed by atoms with E-state index in [2.05, 4.69) is 31.2 Å². The minimum atomic E-state index is 0.603. The van der Waals surface area contributed by atoms with Gasteiger partial charge in [-0.25, -0.2) is 9.97 Å². The lowest BCUT2D eigenvalue weighted by Crippen LogP contribution is -2.46. The van der Waals surface area contributed by atoms with Crippen molar-refractivity contribution in [2.45, 2.75) is 18.9 Å². The van der Waals surface area contributed by atoms with Crippen LogP contribution in [0.4, 0.5) is 5.82 Å². The fourth-order valence-corrected chi connectivity index (χ4v) is 3.42. The molecule has 0 aliphatic carbocycles. The van der Waals surface area contributed by atoms with Gasteiger partial charge in [0.25, 0.3) is 0 Å². The minimum absolute atomic E-state index is 0.603. The quantitative estimate of drug-likeness (QED) is 0.789. The Balaban J connectivity index is 1.76. The molecular weight excluding hydrogens is 226 g/mol. The first-order chi connectivity index (χ1) is 8.93. The van der Waals surface area contributed by atoms with Crippen LogP contribution in [0, 0.1) is 5.92 Å². The molecule has 4 rings (SSSR count). The molecule has 2 aliphatic rings. The number of hydrogen-bond acceptors (Lipinski definition) is 4. The molecule has 0 unspecified atom stereocenters. The number of piperidine rings is 1. The number of fused-ring (bicyclic) bond motifs is 2. The van der Waals surface area contributed by atoms with Crippen LogP contribution in [0.3, 0.4) is 0 Å². The maximum Gasteiger partial charge on any atom is 0.142 e. The summed E-state index contributed by atoms with van der Waals surface area (Å²) in [6.07, 6.45) is 6.19. The summed E-state index contributed by atoms with van der Waals surface area (Å²) in [7, 11) is 0. The molecule has 94 valence electrons. The average Bonchev–Trinajstić information content (AvgIpc) is 3.05. The summed E-state index contributed by atoms with van der Waals surface area (Å²) < 4.78 is 0. The first kappa shape index (κ1) is 10.3. The minimum Gasteiger partial charge on any atom is -0.351 e. The Hall–Kier alpha value is -1.62. The maximum absolute atomic E-state index is 4.52. The molecule has 4 heterocycles. The second-order valence-corrected chi connectivity index (χ2v) is 5.24. The first-order valence-electron chi connectivity index (χ1n) is 6.69. The number of hydrogen-bond donors (Lipinski definition) is 2. The molecule has 2 N–H and O–H groups in total. The molecule has 18 heavy (non-hydrogen) atoms. The highest BCUT2D eigenvalue weighted by Crippen LogP contribution is 2.34. The second kappa shape index (κ2) is 3.95. The van der Waals surface area contributed by atoms with E-state index in [4.69, 9.17) is 0 Å². The van der Waals surface area contributed by atoms with Crippen LogP contribution < -0.4 is 10.2 Å². The topological polar surface area (TPSA) is 56.8 Å². The maximum atomic E-state index is 4.52. The number of H-pyrrole nitrogens is 1. The SMILES string of the molecule is c1nc(N2CC[C@H]3CCNC[C@H]32)c2cc[nH]c2n1. The molecule has 0 amide bonds. The summed E-state index contributed by atoms with van der Waals surface area (Å²) >= 11 is 0. The lowest BCUT2D eigenvalue weighted by molar-refractivity contribution is 0.358. The summed E-state index contributed by atoms with van der Waals surface area (Å²) in [4.78, 5) is 14.4. The van der Waals surface area contributed by atoms with Crippen LogP contribution in [-0.2, 0) is 0 Å². The zero-order chi connectivity index (χ0) is 11.9. The monoisotopic (exact) mass is 243 g/mol. The van der Waals surface area contributed by atoms with Crippen molar-refractivity contribution >= 4 is 16.9 Å². The fourth-order valence-electron chi connectivity index (χ4n) is 3.42. The molecule has 2 saturated heterocycles. The number of aromatic nitrogens is 3. The van der Waals surface area contributed by atoms with Crippen molar-refractivity contribution in [1.29, 1.82) is 0 Å². The van der Waals surface area contributed by atoms with E-state index in [-0.39, 0.29) is 0 Å². The van der Waals surface area contributed by atoms with Gasteiger partial charge in [0, 0.05) is 25.3 Å². The highest BCUT2D eigenvalue weighted by molar-refractivity contribution is 5.87. The number of rotatable bonds is 1. The number of aromatic amines is 1. The normalized spacial score (nSPS) is 27.7. The van der Waals surface area contributed by atoms with Crippen LogP contribution in [0.2, 0.25) is 0 Å². The Morgan fingerprint density at radius 1 is 1.28 bits per heavy atom. The standard InChI is InChI=1S/C13H17N5/c1-4-14-7-11-9(1)3-6-18(11)13-10-2-5-15-12(10)16-8-17-13/h2,5,8-9,11,14H,1,3-4,6-7H2,(H,15,16,17)/t9-,11-/m1/s1. The molecule has 2 fully saturated rings. The van der Waals surface area contributed by atoms with Gasteiger partial charge < -0.3 is 15.2 Å². The van der Waals surface area contributed by atoms with Crippen LogP contribution >= 0.6 is 0 Å². The van der Waals surface area contributed by atoms with Gasteiger partial charge in [0.05, 0.1) is 5.39 Å². The third-order valence-electron chi connectivity index (χ3n) is 4.34. The summed E-state index contributed by atoms with van der Waals surface area (Å²) in [5.74, 6) is 1.92. The first-order valence-corrected chi connectivity index (χ1v) is 6.69. The lowest BCUT2D eigenvalue weighted by Gasteiger charge is -2.33. The highest BCUT2D eigenvalue weighted by Gasteiger charge is 2.36. The van der Waals surface area contributed by atoms with Gasteiger partial charge in [-0.05, 0) is 31.4 Å². The molecule has 5 nitrogen and oxygen atoms in total. The van der Waals surface area contributed by atoms with Gasteiger partial charge in [0.2, 0.25) is 0 Å². The van der Waals surface area contributed by atoms with Crippen molar-refractivity contribution in [3.63, 3.8) is 0 Å². The van der Waals surface area contributed by atoms with E-state index in [0.29, 0.717) is 6.04 Å². The molecule has 0 bridgehead atoms. The smallest absolute Gasteiger partial charge is 0.142 e. The third-order valence-corrected chi connectivity index (χ3v) is 4.34. The molecule has 2 aromatic heterocycles. The van der Waals surface area contributed by atoms with E-state index >= 15 is 0 Å². The summed E-state index contributed by atoms with van der Waals surface area (Å²) in [6.45, 7) is 3.37. The van der Waals surface area contributed by atoms with Crippen molar-refractivity contribution in [2.75, 3.05) is 24.5 Å². The Bertz CT molecular complexity index is 563. The van der Waals surface area contributed by atoms with Gasteiger partial charge in [-0.3, -0.25) is 0 Å². The lowest BCUT2D eigenvalue weighted by atomic mass is 9.93. The van der Waals surface area contributed by atoms with Crippen molar-refractivity contribution < 1.29 is 0 Å². The molecule has 0 spiro atoms. The van der Waals surface area contributed by atoms with E-state index in [0.717, 1.165) is 35.9 Å². The molecular formula is C13H17N5. The molecule has 0 radical (unpaired) electrons. The Labute approximate surface area is 106 Å². The molecule has 0 aromatic carbocycles. The van der Waals surface area contributed by atoms with Crippen LogP contribution in [-0.4, -0.2) is 40.6 Å². The number of nitrogens with one attached hydrogen (secondary N) is 2. The third kappa shape index (κ3) is 1.43. The number of nitrogens with zero attached hydrogens (tertiary/aromatic N) is 3. The van der Waals surface area contributed by atoms with Crippen molar-refractivity contribution in [1.82, 2.24) is 20.3 Å². The highest BCUT2D eigenvalue weighted by atomic mass is 15.3. The van der Waals surface area contributed by atoms with E-state index in [1.54, 1.807) is 6.33 Å². The molecule has 2 atom stereocenters. The Morgan fingerprint density at radius 3 is 3.28 bits per heavy atom. The molecule has 0 saturated carbocycles. The summed E-state index contributed by atoms with van der Waals surface area (Å²) in [6, 6.07) is 2.68. The van der Waals surface area contributed by atoms with E-state index in [9.17, 15) is 0 Å². The predicted octanol–water partition coefficient (Wildman–Crippen LogP) is 1.15. The van der Waals surface area contributed by atoms with E-state index < -0.39 is 0 Å². The zero-order valence-electron chi connectivity index (χ0n) is 10.3. The largest absolute Gasteiger partial charge is 0.351 e. The zero-order valence-corrected chi connectivity index (χ0v) is 10.3. The molecule has 2 aromatic rings. The molecule has 2 aliphatic heterocycles. The van der Waals surface area contributed by atoms with E-state index in [1.165, 1.54) is 19.4 Å². The molecule has 5 heteroatoms. The fraction of sp³-hybridized carbons (Fsp3) is 0.538. The predicted molar refractivity (Wildman–Crippen MR) is 70.6 cm³/mol. The van der Waals surface area contributed by atoms with Gasteiger partial charge in [0.1, 0.15) is 17.8 Å². The van der Waals surface area contributed by atoms with Crippen LogP contribution in [0.15, 0.2) is 18.6 Å². The van der Waals surface area contributed by atoms with Crippen LogP contribution in [0.5, 0.6) is 0 Å². The number of anilines is 1. The van der Waals surface area contributed by atoms with Gasteiger partial charge in [-0.2, -0.15) is 0 Å². The Morgan fingerprint density at radius 2 is 2.28 bits per heavy atom. The average molecular weight is 243 g/mol. The van der Waals surface area contributed by atoms with Crippen LogP contribution in [0.1, 0.15) is 12.8 Å². The van der Waals surface area contributed by atoms with Gasteiger partial charge in [0.15, 0.2) is 0 Å². The second-order valence-electron chi connectivity index (χ2n) is 5.24. The van der Waals surface area contributed by atoms with Crippen molar-refractivity contribution in [3.05, 3.63) is 18.6 Å². The van der Waals surface area contributed by atoms with Gasteiger partial charge in [-0.15, -0.1) is 0 Å². The van der Waals surface area contributed by atoms with Crippen LogP contribution in [0.25, 0.3) is 11.0 Å². The van der Waals surface area contributed by atoms with Gasteiger partial charge in [-0.1, -0.05) is 0 Å². The summed E-state index contributed by atoms with van der Waals surface area (Å²) in [5, 5.41) is 4.65. The van der Waals surface area contributed by atoms with Crippen molar-refractivity contribution in [2.24, 2.45) is 5.92 Å². The van der Waals surface area contributed by atoms with Crippen molar-refractivity contribution in [3.8, 4) is 0 Å². The summed E-state index contributed by atoms with van der Waals surface area (Å²) in [5.41, 5.74) is 0.937. The van der Waals surface area contributed by atoms with E-state index in [1.807, 2.05) is 6.20 Å².